The summed E-state index contributed by atoms with van der Waals surface area (Å²) in [4.78, 5) is 12.4. The number of fused-ring (bicyclic) bond motifs is 3. The maximum Gasteiger partial charge on any atom is 0.276 e. The van der Waals surface area contributed by atoms with E-state index in [4.69, 9.17) is 9.84 Å². The van der Waals surface area contributed by atoms with Crippen LogP contribution in [-0.2, 0) is 0 Å². The number of hydrogen-bond acceptors (Lipinski definition) is 8. The Morgan fingerprint density at radius 1 is 1.13 bits per heavy atom. The van der Waals surface area contributed by atoms with Crippen LogP contribution in [0.1, 0.15) is 15.9 Å². The Bertz CT molecular complexity index is 1250. The first-order valence-electron chi connectivity index (χ1n) is 9.13. The lowest BCUT2D eigenvalue weighted by atomic mass is 10.1. The maximum atomic E-state index is 12.4. The zero-order valence-electron chi connectivity index (χ0n) is 15.9. The first-order valence-corrected chi connectivity index (χ1v) is 11.1. The van der Waals surface area contributed by atoms with Crippen molar-refractivity contribution in [1.82, 2.24) is 24.5 Å². The molecule has 0 fully saturated rings. The minimum absolute atomic E-state index is 0.0375. The van der Waals surface area contributed by atoms with Gasteiger partial charge in [0.25, 0.3) is 5.78 Å². The first kappa shape index (κ1) is 18.9. The van der Waals surface area contributed by atoms with Gasteiger partial charge in [-0.25, -0.2) is 0 Å². The van der Waals surface area contributed by atoms with Crippen LogP contribution in [0.15, 0.2) is 70.0 Å². The minimum atomic E-state index is 0.0375. The van der Waals surface area contributed by atoms with Crippen LogP contribution in [0.25, 0.3) is 5.78 Å². The van der Waals surface area contributed by atoms with E-state index in [9.17, 15) is 4.79 Å². The number of methoxy groups -OCH3 is 1. The zero-order valence-corrected chi connectivity index (χ0v) is 17.6. The number of hydrogen-bond donors (Lipinski definition) is 0. The fourth-order valence-corrected chi connectivity index (χ4v) is 4.65. The number of carbonyl (C=O) groups is 1. The molecule has 0 atom stereocenters. The van der Waals surface area contributed by atoms with Gasteiger partial charge in [0, 0.05) is 11.3 Å². The number of aromatic nitrogens is 5. The number of Topliss-reactive ketones (excluding diaryl/α,β-unsaturated/α-hetero) is 1. The Morgan fingerprint density at radius 2 is 1.93 bits per heavy atom. The Labute approximate surface area is 180 Å². The summed E-state index contributed by atoms with van der Waals surface area (Å²) < 4.78 is 8.56. The van der Waals surface area contributed by atoms with Gasteiger partial charge in [0.1, 0.15) is 5.75 Å². The molecule has 0 unspecified atom stereocenters. The summed E-state index contributed by atoms with van der Waals surface area (Å²) in [5.41, 5.74) is 2.62. The van der Waals surface area contributed by atoms with E-state index in [2.05, 4.69) is 15.3 Å². The molecule has 150 valence electrons. The average Bonchev–Trinajstić information content (AvgIpc) is 3.37. The predicted octanol–water partition coefficient (Wildman–Crippen LogP) is 3.27. The number of benzene rings is 2. The van der Waals surface area contributed by atoms with Crippen molar-refractivity contribution in [2.75, 3.05) is 18.6 Å². The van der Waals surface area contributed by atoms with Gasteiger partial charge in [-0.2, -0.15) is 14.3 Å². The zero-order chi connectivity index (χ0) is 20.5. The van der Waals surface area contributed by atoms with E-state index in [1.807, 2.05) is 54.6 Å². The lowest BCUT2D eigenvalue weighted by Crippen LogP contribution is -2.13. The molecule has 0 saturated carbocycles. The van der Waals surface area contributed by atoms with Crippen LogP contribution in [-0.4, -0.2) is 54.6 Å². The second-order valence-electron chi connectivity index (χ2n) is 6.43. The highest BCUT2D eigenvalue weighted by molar-refractivity contribution is 8.00. The number of ether oxygens (including phenoxy) is 1. The van der Waals surface area contributed by atoms with E-state index in [1.54, 1.807) is 28.1 Å². The molecule has 10 heteroatoms. The van der Waals surface area contributed by atoms with Gasteiger partial charge in [0.2, 0.25) is 10.3 Å². The number of carbonyl (C=O) groups excluding carboxylic acids is 1. The normalized spacial score (nSPS) is 13.2. The van der Waals surface area contributed by atoms with E-state index in [0.717, 1.165) is 22.2 Å². The van der Waals surface area contributed by atoms with Gasteiger partial charge in [-0.15, -0.1) is 15.3 Å². The van der Waals surface area contributed by atoms with Crippen molar-refractivity contribution in [3.05, 3.63) is 65.7 Å². The van der Waals surface area contributed by atoms with Crippen LogP contribution in [0.5, 0.6) is 5.75 Å². The Balaban J connectivity index is 1.39. The van der Waals surface area contributed by atoms with Gasteiger partial charge < -0.3 is 4.74 Å². The second kappa shape index (κ2) is 7.96. The standard InChI is InChI=1S/C20H16N6O2S2/c1-28-15-9-7-13(8-10-15)16-11-29-20-24-25-18(26(20)23-16)21-22-19(25)30-12-17(27)14-5-3-2-4-6-14/h2-10H,11-12H2,1H3. The molecular formula is C20H16N6O2S2. The number of ketones is 1. The van der Waals surface area contributed by atoms with Crippen LogP contribution in [0.2, 0.25) is 0 Å². The van der Waals surface area contributed by atoms with Gasteiger partial charge in [-0.1, -0.05) is 53.9 Å². The Morgan fingerprint density at radius 3 is 2.70 bits per heavy atom. The lowest BCUT2D eigenvalue weighted by molar-refractivity contribution is 0.102. The van der Waals surface area contributed by atoms with E-state index < -0.39 is 0 Å². The topological polar surface area (TPSA) is 86.7 Å². The molecule has 2 aromatic carbocycles. The Hall–Kier alpha value is -3.11. The third kappa shape index (κ3) is 3.48. The van der Waals surface area contributed by atoms with Crippen LogP contribution >= 0.6 is 23.5 Å². The summed E-state index contributed by atoms with van der Waals surface area (Å²) in [6, 6.07) is 17.0. The van der Waals surface area contributed by atoms with Crippen molar-refractivity contribution in [3.63, 3.8) is 0 Å². The molecule has 4 aromatic rings. The highest BCUT2D eigenvalue weighted by Crippen LogP contribution is 2.28. The van der Waals surface area contributed by atoms with Crippen LogP contribution < -0.4 is 4.74 Å². The molecule has 0 saturated heterocycles. The summed E-state index contributed by atoms with van der Waals surface area (Å²) in [6.45, 7) is 0. The number of nitrogens with zero attached hydrogens (tertiary/aromatic N) is 6. The summed E-state index contributed by atoms with van der Waals surface area (Å²) in [6.07, 6.45) is 0. The van der Waals surface area contributed by atoms with Crippen LogP contribution in [0.4, 0.5) is 0 Å². The molecule has 0 N–H and O–H groups in total. The van der Waals surface area contributed by atoms with Crippen molar-refractivity contribution >= 4 is 40.8 Å². The highest BCUT2D eigenvalue weighted by Gasteiger charge is 2.23. The molecule has 30 heavy (non-hydrogen) atoms. The fourth-order valence-electron chi connectivity index (χ4n) is 3.00. The molecule has 1 aliphatic heterocycles. The molecule has 8 nitrogen and oxygen atoms in total. The van der Waals surface area contributed by atoms with Gasteiger partial charge in [0.05, 0.1) is 18.6 Å². The van der Waals surface area contributed by atoms with Crippen molar-refractivity contribution in [2.45, 2.75) is 10.3 Å². The molecule has 0 radical (unpaired) electrons. The van der Waals surface area contributed by atoms with E-state index in [-0.39, 0.29) is 11.5 Å². The predicted molar refractivity (Wildman–Crippen MR) is 116 cm³/mol. The molecule has 1 aliphatic rings. The van der Waals surface area contributed by atoms with Crippen molar-refractivity contribution in [1.29, 1.82) is 0 Å². The van der Waals surface area contributed by atoms with E-state index >= 15 is 0 Å². The molecular weight excluding hydrogens is 420 g/mol. The van der Waals surface area contributed by atoms with Gasteiger partial charge in [0.15, 0.2) is 5.78 Å². The first-order chi connectivity index (χ1) is 14.7. The van der Waals surface area contributed by atoms with E-state index in [0.29, 0.717) is 22.3 Å². The molecule has 0 spiro atoms. The summed E-state index contributed by atoms with van der Waals surface area (Å²) in [5, 5.41) is 19.0. The fraction of sp³-hybridized carbons (Fsp3) is 0.150. The average molecular weight is 437 g/mol. The van der Waals surface area contributed by atoms with Crippen molar-refractivity contribution < 1.29 is 9.53 Å². The van der Waals surface area contributed by atoms with E-state index in [1.165, 1.54) is 11.8 Å². The molecule has 2 aromatic heterocycles. The molecule has 0 amide bonds. The molecule has 5 rings (SSSR count). The Kier molecular flexibility index (Phi) is 5.01. The monoisotopic (exact) mass is 436 g/mol. The number of thioether (sulfide) groups is 2. The van der Waals surface area contributed by atoms with Crippen LogP contribution in [0.3, 0.4) is 0 Å². The highest BCUT2D eigenvalue weighted by atomic mass is 32.2. The summed E-state index contributed by atoms with van der Waals surface area (Å²) in [7, 11) is 1.64. The quantitative estimate of drug-likeness (QED) is 0.339. The minimum Gasteiger partial charge on any atom is -0.497 e. The van der Waals surface area contributed by atoms with Gasteiger partial charge >= 0.3 is 0 Å². The molecule has 0 aliphatic carbocycles. The van der Waals surface area contributed by atoms with Gasteiger partial charge in [-0.3, -0.25) is 4.79 Å². The smallest absolute Gasteiger partial charge is 0.276 e. The molecule has 3 heterocycles. The third-order valence-corrected chi connectivity index (χ3v) is 6.41. The molecule has 0 bridgehead atoms. The van der Waals surface area contributed by atoms with Crippen molar-refractivity contribution in [2.24, 2.45) is 5.10 Å². The lowest BCUT2D eigenvalue weighted by Gasteiger charge is -2.12. The summed E-state index contributed by atoms with van der Waals surface area (Å²) >= 11 is 2.90. The SMILES string of the molecule is COc1ccc(C2=Nn3c(nn4c(SCC(=O)c5ccccc5)nnc34)SC2)cc1. The largest absolute Gasteiger partial charge is 0.497 e. The third-order valence-electron chi connectivity index (χ3n) is 4.56. The van der Waals surface area contributed by atoms with Gasteiger partial charge in [-0.05, 0) is 29.8 Å². The second-order valence-corrected chi connectivity index (χ2v) is 8.32. The van der Waals surface area contributed by atoms with Crippen molar-refractivity contribution in [3.8, 4) is 5.75 Å². The van der Waals surface area contributed by atoms with Crippen LogP contribution in [0, 0.1) is 0 Å². The summed E-state index contributed by atoms with van der Waals surface area (Å²) in [5.74, 6) is 2.33. The maximum absolute atomic E-state index is 12.4. The number of rotatable bonds is 6.